The molecule has 0 fully saturated rings. The lowest BCUT2D eigenvalue weighted by Crippen LogP contribution is -2.04. The minimum absolute atomic E-state index is 0.819. The molecule has 0 amide bonds. The van der Waals surface area contributed by atoms with Crippen molar-refractivity contribution in [1.82, 2.24) is 19.1 Å². The standard InChI is InChI=1S/C46H28N4/c1-2-16-31(17-3-1)49-38-23-9-8-20-34(38)35-21-11-24-39-42(35)43-40(49)25-12-26-41(43)50(39)46-45(36-22-10-15-29-13-4-6-18-32(29)36)47-37-28-27-30-14-5-7-19-33(30)44(37)48-46/h1-28H. The first-order valence-electron chi connectivity index (χ1n) is 17.0. The van der Waals surface area contributed by atoms with Gasteiger partial charge < -0.3 is 4.57 Å². The highest BCUT2D eigenvalue weighted by molar-refractivity contribution is 6.28. The number of nitrogens with zero attached hydrogens (tertiary/aromatic N) is 4. The molecule has 0 unspecified atom stereocenters. The maximum atomic E-state index is 5.64. The van der Waals surface area contributed by atoms with Gasteiger partial charge in [-0.1, -0.05) is 127 Å². The summed E-state index contributed by atoms with van der Waals surface area (Å²) in [6.07, 6.45) is 0. The lowest BCUT2D eigenvalue weighted by Gasteiger charge is -2.16. The molecule has 0 aliphatic heterocycles. The van der Waals surface area contributed by atoms with Crippen molar-refractivity contribution in [3.8, 4) is 22.8 Å². The molecule has 11 rings (SSSR count). The molecule has 0 bridgehead atoms. The van der Waals surface area contributed by atoms with E-state index in [4.69, 9.17) is 9.97 Å². The van der Waals surface area contributed by atoms with Crippen LogP contribution in [0.15, 0.2) is 170 Å². The zero-order valence-electron chi connectivity index (χ0n) is 27.0. The van der Waals surface area contributed by atoms with Crippen molar-refractivity contribution in [1.29, 1.82) is 0 Å². The van der Waals surface area contributed by atoms with Crippen molar-refractivity contribution in [3.63, 3.8) is 0 Å². The highest BCUT2D eigenvalue weighted by atomic mass is 15.1. The zero-order valence-corrected chi connectivity index (χ0v) is 27.0. The highest BCUT2D eigenvalue weighted by Gasteiger charge is 2.24. The van der Waals surface area contributed by atoms with E-state index in [1.807, 2.05) is 0 Å². The van der Waals surface area contributed by atoms with Crippen LogP contribution in [0.2, 0.25) is 0 Å². The Hall–Kier alpha value is -6.78. The maximum absolute atomic E-state index is 5.64. The molecular formula is C46H28N4. The minimum Gasteiger partial charge on any atom is -0.309 e. The van der Waals surface area contributed by atoms with Crippen LogP contribution in [0.5, 0.6) is 0 Å². The van der Waals surface area contributed by atoms with E-state index in [2.05, 4.69) is 179 Å². The van der Waals surface area contributed by atoms with Crippen LogP contribution in [-0.2, 0) is 0 Å². The van der Waals surface area contributed by atoms with Gasteiger partial charge in [-0.05, 0) is 64.0 Å². The third-order valence-electron chi connectivity index (χ3n) is 10.3. The molecule has 0 saturated carbocycles. The number of benzene rings is 8. The summed E-state index contributed by atoms with van der Waals surface area (Å²) >= 11 is 0. The topological polar surface area (TPSA) is 35.6 Å². The normalized spacial score (nSPS) is 12.0. The average molecular weight is 637 g/mol. The molecule has 0 N–H and O–H groups in total. The van der Waals surface area contributed by atoms with Crippen LogP contribution >= 0.6 is 0 Å². The molecule has 4 nitrogen and oxygen atoms in total. The lowest BCUT2D eigenvalue weighted by atomic mass is 10.0. The van der Waals surface area contributed by atoms with Gasteiger partial charge in [-0.25, -0.2) is 9.97 Å². The van der Waals surface area contributed by atoms with Gasteiger partial charge >= 0.3 is 0 Å². The quantitative estimate of drug-likeness (QED) is 0.181. The SMILES string of the molecule is c1ccc(-n2c3ccccc3c3cccc4c3c3c2cccc3n4-c2nc3c(ccc4ccccc43)nc2-c2cccc3ccccc23)cc1. The van der Waals surface area contributed by atoms with Gasteiger partial charge in [0.05, 0.1) is 33.1 Å². The Morgan fingerprint density at radius 1 is 0.360 bits per heavy atom. The van der Waals surface area contributed by atoms with Crippen LogP contribution in [0.3, 0.4) is 0 Å². The Bertz CT molecular complexity index is 3140. The van der Waals surface area contributed by atoms with Gasteiger partial charge in [0.2, 0.25) is 0 Å². The van der Waals surface area contributed by atoms with E-state index in [0.29, 0.717) is 0 Å². The Labute approximate surface area is 287 Å². The molecule has 0 spiro atoms. The largest absolute Gasteiger partial charge is 0.309 e. The molecule has 8 aromatic carbocycles. The van der Waals surface area contributed by atoms with E-state index in [1.165, 1.54) is 26.9 Å². The zero-order chi connectivity index (χ0) is 32.8. The number of hydrogen-bond acceptors (Lipinski definition) is 2. The van der Waals surface area contributed by atoms with Gasteiger partial charge in [0.25, 0.3) is 0 Å². The summed E-state index contributed by atoms with van der Waals surface area (Å²) in [7, 11) is 0. The maximum Gasteiger partial charge on any atom is 0.165 e. The van der Waals surface area contributed by atoms with Gasteiger partial charge in [-0.15, -0.1) is 0 Å². The van der Waals surface area contributed by atoms with Crippen molar-refractivity contribution in [2.45, 2.75) is 0 Å². The first-order chi connectivity index (χ1) is 24.8. The van der Waals surface area contributed by atoms with Gasteiger partial charge in [0.1, 0.15) is 5.69 Å². The smallest absolute Gasteiger partial charge is 0.165 e. The Kier molecular flexibility index (Phi) is 5.63. The van der Waals surface area contributed by atoms with Crippen LogP contribution in [0.25, 0.3) is 99.0 Å². The summed E-state index contributed by atoms with van der Waals surface area (Å²) in [5.41, 5.74) is 9.31. The van der Waals surface area contributed by atoms with Crippen LogP contribution in [0, 0.1) is 0 Å². The summed E-state index contributed by atoms with van der Waals surface area (Å²) in [5.74, 6) is 0.819. The van der Waals surface area contributed by atoms with Crippen LogP contribution in [0.4, 0.5) is 0 Å². The summed E-state index contributed by atoms with van der Waals surface area (Å²) < 4.78 is 4.77. The van der Waals surface area contributed by atoms with Crippen molar-refractivity contribution < 1.29 is 0 Å². The number of hydrogen-bond donors (Lipinski definition) is 0. The molecule has 0 atom stereocenters. The number of rotatable bonds is 3. The first-order valence-corrected chi connectivity index (χ1v) is 17.0. The van der Waals surface area contributed by atoms with Gasteiger partial charge in [-0.2, -0.15) is 0 Å². The second kappa shape index (κ2) is 10.4. The monoisotopic (exact) mass is 636 g/mol. The summed E-state index contributed by atoms with van der Waals surface area (Å²) in [6, 6.07) is 60.6. The molecule has 50 heavy (non-hydrogen) atoms. The van der Waals surface area contributed by atoms with E-state index >= 15 is 0 Å². The molecule has 4 heteroatoms. The minimum atomic E-state index is 0.819. The lowest BCUT2D eigenvalue weighted by molar-refractivity contribution is 1.08. The molecule has 3 aromatic heterocycles. The van der Waals surface area contributed by atoms with Gasteiger partial charge in [0, 0.05) is 32.8 Å². The summed E-state index contributed by atoms with van der Waals surface area (Å²) in [4.78, 5) is 11.1. The fourth-order valence-corrected chi connectivity index (χ4v) is 8.16. The third kappa shape index (κ3) is 3.76. The average Bonchev–Trinajstić information content (AvgIpc) is 3.46. The van der Waals surface area contributed by atoms with E-state index in [-0.39, 0.29) is 0 Å². The summed E-state index contributed by atoms with van der Waals surface area (Å²) in [5, 5.41) is 9.38. The van der Waals surface area contributed by atoms with Crippen molar-refractivity contribution in [2.75, 3.05) is 0 Å². The fraction of sp³-hybridized carbons (Fsp3) is 0. The third-order valence-corrected chi connectivity index (χ3v) is 10.3. The van der Waals surface area contributed by atoms with Gasteiger partial charge in [-0.3, -0.25) is 4.57 Å². The van der Waals surface area contributed by atoms with Crippen molar-refractivity contribution in [3.05, 3.63) is 170 Å². The van der Waals surface area contributed by atoms with E-state index in [0.717, 1.165) is 72.0 Å². The molecule has 3 heterocycles. The van der Waals surface area contributed by atoms with Gasteiger partial charge in [0.15, 0.2) is 5.82 Å². The Morgan fingerprint density at radius 3 is 1.78 bits per heavy atom. The van der Waals surface area contributed by atoms with Crippen LogP contribution in [-0.4, -0.2) is 19.1 Å². The highest BCUT2D eigenvalue weighted by Crippen LogP contribution is 2.43. The second-order valence-corrected chi connectivity index (χ2v) is 13.0. The second-order valence-electron chi connectivity index (χ2n) is 13.0. The molecule has 0 radical (unpaired) electrons. The number of para-hydroxylation sites is 2. The van der Waals surface area contributed by atoms with E-state index < -0.39 is 0 Å². The number of aromatic nitrogens is 4. The molecular weight excluding hydrogens is 609 g/mol. The fourth-order valence-electron chi connectivity index (χ4n) is 8.16. The predicted molar refractivity (Wildman–Crippen MR) is 209 cm³/mol. The van der Waals surface area contributed by atoms with Crippen LogP contribution < -0.4 is 0 Å². The van der Waals surface area contributed by atoms with Crippen LogP contribution in [0.1, 0.15) is 0 Å². The molecule has 0 aliphatic rings. The Morgan fingerprint density at radius 2 is 0.940 bits per heavy atom. The van der Waals surface area contributed by atoms with E-state index in [9.17, 15) is 0 Å². The molecule has 11 aromatic rings. The van der Waals surface area contributed by atoms with E-state index in [1.54, 1.807) is 0 Å². The molecule has 232 valence electrons. The molecule has 0 saturated heterocycles. The number of fused-ring (bicyclic) bond motifs is 6. The van der Waals surface area contributed by atoms with Crippen molar-refractivity contribution in [2.24, 2.45) is 0 Å². The molecule has 0 aliphatic carbocycles. The first kappa shape index (κ1) is 27.2. The van der Waals surface area contributed by atoms with Crippen molar-refractivity contribution >= 4 is 76.2 Å². The predicted octanol–water partition coefficient (Wildman–Crippen LogP) is 11.8. The Balaban J connectivity index is 1.38. The summed E-state index contributed by atoms with van der Waals surface area (Å²) in [6.45, 7) is 0.